The van der Waals surface area contributed by atoms with Gasteiger partial charge in [-0.05, 0) is 57.8 Å². The molecule has 4 aliphatic rings. The molecule has 0 aromatic heterocycles. The van der Waals surface area contributed by atoms with Crippen LogP contribution in [0.2, 0.25) is 0 Å². The third-order valence-corrected chi connectivity index (χ3v) is 8.82. The van der Waals surface area contributed by atoms with Gasteiger partial charge in [-0.1, -0.05) is 0 Å². The molecule has 4 rings (SSSR count). The average molecular weight is 720 g/mol. The van der Waals surface area contributed by atoms with Gasteiger partial charge in [0.2, 0.25) is 0 Å². The molecule has 15 nitrogen and oxygen atoms in total. The summed E-state index contributed by atoms with van der Waals surface area (Å²) < 4.78 is 51.4. The third-order valence-electron chi connectivity index (χ3n) is 7.21. The Morgan fingerprint density at radius 2 is 1.28 bits per heavy atom. The third kappa shape index (κ3) is 13.3. The second-order valence-electron chi connectivity index (χ2n) is 10.6. The van der Waals surface area contributed by atoms with Crippen LogP contribution in [0.15, 0.2) is 0 Å². The Balaban J connectivity index is 0.00000112. The van der Waals surface area contributed by atoms with E-state index in [0.717, 1.165) is 5.92 Å². The second kappa shape index (κ2) is 21.9. The van der Waals surface area contributed by atoms with Gasteiger partial charge in [0.1, 0.15) is 48.8 Å². The van der Waals surface area contributed by atoms with Crippen LogP contribution in [-0.4, -0.2) is 163 Å². The van der Waals surface area contributed by atoms with Gasteiger partial charge in [0.05, 0.1) is 44.5 Å². The fourth-order valence-electron chi connectivity index (χ4n) is 4.60. The zero-order valence-electron chi connectivity index (χ0n) is 25.1. The van der Waals surface area contributed by atoms with Crippen molar-refractivity contribution in [3.63, 3.8) is 0 Å². The molecule has 0 unspecified atom stereocenters. The number of hydrogen-bond donors (Lipinski definition) is 8. The maximum absolute atomic E-state index is 12.2. The Labute approximate surface area is 282 Å². The molecule has 2 saturated heterocycles. The number of ether oxygens (including phenoxy) is 5. The van der Waals surface area contributed by atoms with E-state index < -0.39 is 84.5 Å². The Bertz CT molecular complexity index is 901. The van der Waals surface area contributed by atoms with Crippen molar-refractivity contribution in [2.45, 2.75) is 61.4 Å². The SMILES string of the molecule is O=S(=O)(CCNCCO[C@@H]1O[C@H](CO)[C@@H](O[C@@H]2O[C@H](CO)[C@H](O)[C@H](O)[C@H]2O)[C@H](O)[C@H]1O)CCOC[C]1[CH][CH][CH][CH]1.[CH]1[CH][CH][CH][CH]1.[Fe+2]. The molecule has 2 saturated carbocycles. The molecular formula is C29H45FeNO14S+2. The molecule has 17 heteroatoms. The first-order valence-corrected chi connectivity index (χ1v) is 16.5. The molecule has 10 radical (unpaired) electrons. The van der Waals surface area contributed by atoms with Crippen molar-refractivity contribution in [1.82, 2.24) is 5.32 Å². The average Bonchev–Trinajstić information content (AvgIpc) is 3.78. The minimum atomic E-state index is -3.33. The number of hydrogen-bond acceptors (Lipinski definition) is 15. The number of nitrogens with one attached hydrogen (secondary N) is 1. The van der Waals surface area contributed by atoms with E-state index in [2.05, 4.69) is 5.32 Å². The molecule has 0 bridgehead atoms. The minimum absolute atomic E-state index is 0. The molecule has 0 amide bonds. The minimum Gasteiger partial charge on any atom is -0.394 e. The Morgan fingerprint density at radius 3 is 1.89 bits per heavy atom. The van der Waals surface area contributed by atoms with Gasteiger partial charge in [-0.2, -0.15) is 0 Å². The van der Waals surface area contributed by atoms with Crippen LogP contribution in [0.5, 0.6) is 0 Å². The summed E-state index contributed by atoms with van der Waals surface area (Å²) in [4.78, 5) is 0. The van der Waals surface area contributed by atoms with E-state index in [9.17, 15) is 44.2 Å². The molecule has 2 aliphatic heterocycles. The molecule has 2 heterocycles. The van der Waals surface area contributed by atoms with Crippen LogP contribution in [0.1, 0.15) is 0 Å². The molecule has 2 aliphatic carbocycles. The van der Waals surface area contributed by atoms with E-state index >= 15 is 0 Å². The summed E-state index contributed by atoms with van der Waals surface area (Å²) in [5, 5.41) is 73.1. The molecule has 0 aromatic carbocycles. The van der Waals surface area contributed by atoms with Gasteiger partial charge in [-0.25, -0.2) is 8.42 Å². The first-order chi connectivity index (χ1) is 21.6. The molecule has 8 N–H and O–H groups in total. The maximum atomic E-state index is 12.2. The maximum Gasteiger partial charge on any atom is 2.00 e. The largest absolute Gasteiger partial charge is 2.00 e. The molecule has 262 valence electrons. The quantitative estimate of drug-likeness (QED) is 0.0562. The first kappa shape index (κ1) is 42.1. The fourth-order valence-corrected chi connectivity index (χ4v) is 5.63. The van der Waals surface area contributed by atoms with Crippen LogP contribution in [0.25, 0.3) is 0 Å². The number of aliphatic hydroxyl groups excluding tert-OH is 7. The van der Waals surface area contributed by atoms with E-state index in [1.807, 2.05) is 57.8 Å². The van der Waals surface area contributed by atoms with Crippen molar-refractivity contribution in [2.24, 2.45) is 0 Å². The van der Waals surface area contributed by atoms with Crippen LogP contribution in [-0.2, 0) is 50.6 Å². The van der Waals surface area contributed by atoms with Gasteiger partial charge < -0.3 is 64.7 Å². The van der Waals surface area contributed by atoms with Crippen molar-refractivity contribution < 1.29 is 84.9 Å². The summed E-state index contributed by atoms with van der Waals surface area (Å²) in [6.07, 6.45) is 2.17. The zero-order chi connectivity index (χ0) is 32.8. The van der Waals surface area contributed by atoms with Crippen LogP contribution in [0.4, 0.5) is 0 Å². The predicted molar refractivity (Wildman–Crippen MR) is 157 cm³/mol. The van der Waals surface area contributed by atoms with Gasteiger partial charge in [0, 0.05) is 19.0 Å². The fraction of sp³-hybridized carbons (Fsp3) is 0.655. The van der Waals surface area contributed by atoms with Crippen molar-refractivity contribution in [1.29, 1.82) is 0 Å². The molecule has 46 heavy (non-hydrogen) atoms. The Morgan fingerprint density at radius 1 is 0.696 bits per heavy atom. The van der Waals surface area contributed by atoms with Crippen LogP contribution >= 0.6 is 0 Å². The number of aliphatic hydroxyl groups is 7. The first-order valence-electron chi connectivity index (χ1n) is 14.6. The summed E-state index contributed by atoms with van der Waals surface area (Å²) in [6, 6.07) is 0. The van der Waals surface area contributed by atoms with Crippen molar-refractivity contribution in [3.8, 4) is 0 Å². The van der Waals surface area contributed by atoms with Crippen LogP contribution in [0, 0.1) is 63.7 Å². The molecule has 4 fully saturated rings. The van der Waals surface area contributed by atoms with Gasteiger partial charge in [-0.15, -0.1) is 0 Å². The monoisotopic (exact) mass is 719 g/mol. The van der Waals surface area contributed by atoms with E-state index in [1.165, 1.54) is 0 Å². The van der Waals surface area contributed by atoms with E-state index in [-0.39, 0.29) is 54.9 Å². The van der Waals surface area contributed by atoms with Crippen LogP contribution in [0.3, 0.4) is 0 Å². The van der Waals surface area contributed by atoms with Crippen molar-refractivity contribution in [2.75, 3.05) is 57.6 Å². The van der Waals surface area contributed by atoms with Gasteiger partial charge in [-0.3, -0.25) is 0 Å². The van der Waals surface area contributed by atoms with E-state index in [1.54, 1.807) is 0 Å². The van der Waals surface area contributed by atoms with Gasteiger partial charge in [0.25, 0.3) is 0 Å². The zero-order valence-corrected chi connectivity index (χ0v) is 27.0. The predicted octanol–water partition coefficient (Wildman–Crippen LogP) is -3.93. The summed E-state index contributed by atoms with van der Waals surface area (Å²) in [6.45, 7) is -0.630. The van der Waals surface area contributed by atoms with Crippen molar-refractivity contribution >= 4 is 9.84 Å². The normalized spacial score (nSPS) is 35.4. The molecular weight excluding hydrogens is 674 g/mol. The smallest absolute Gasteiger partial charge is 0.394 e. The summed E-state index contributed by atoms with van der Waals surface area (Å²) in [7, 11) is -3.33. The van der Waals surface area contributed by atoms with E-state index in [4.69, 9.17) is 23.7 Å². The van der Waals surface area contributed by atoms with Gasteiger partial charge in [0.15, 0.2) is 22.4 Å². The Hall–Kier alpha value is -0.0505. The van der Waals surface area contributed by atoms with Gasteiger partial charge >= 0.3 is 17.1 Å². The summed E-state index contributed by atoms with van der Waals surface area (Å²) in [5.74, 6) is 0.749. The van der Waals surface area contributed by atoms with Crippen molar-refractivity contribution in [3.05, 3.63) is 63.7 Å². The number of sulfone groups is 1. The molecule has 0 aromatic rings. The Kier molecular flexibility index (Phi) is 20.1. The summed E-state index contributed by atoms with van der Waals surface area (Å²) >= 11 is 0. The molecule has 10 atom stereocenters. The number of rotatable bonds is 16. The summed E-state index contributed by atoms with van der Waals surface area (Å²) in [5.41, 5.74) is 0. The molecule has 0 spiro atoms. The topological polar surface area (TPSA) is 234 Å². The van der Waals surface area contributed by atoms with E-state index in [0.29, 0.717) is 6.61 Å². The standard InChI is InChI=1S/C24H40NO14S.C5H5.Fe/c26-11-15-17(28)18(29)20(31)24(37-15)39-22-16(12-27)38-23(21(32)19(22)30)36-7-5-25-6-9-40(33,34)10-8-35-13-14-3-1-2-4-14;1-2-4-5-3-1;/h1-4,15-32H,5-13H2;1-5H;/q;;+2/t15-,16-,17+,18+,19-,20-,21-,22-,23-,24+;;/m1../s1. The van der Waals surface area contributed by atoms with Crippen LogP contribution < -0.4 is 5.32 Å². The second-order valence-corrected chi connectivity index (χ2v) is 12.9.